The molecule has 0 amide bonds. The average molecular weight is 295 g/mol. The minimum Gasteiger partial charge on any atom is -0.419 e. The molecule has 0 unspecified atom stereocenters. The van der Waals surface area contributed by atoms with Crippen molar-refractivity contribution < 1.29 is 4.42 Å². The van der Waals surface area contributed by atoms with Gasteiger partial charge in [-0.3, -0.25) is 0 Å². The molecule has 1 fully saturated rings. The predicted octanol–water partition coefficient (Wildman–Crippen LogP) is 4.76. The molecule has 22 heavy (non-hydrogen) atoms. The summed E-state index contributed by atoms with van der Waals surface area (Å²) < 4.78 is 8.32. The van der Waals surface area contributed by atoms with Crippen LogP contribution in [0.4, 0.5) is 0 Å². The Kier molecular flexibility index (Phi) is 3.45. The number of hydrogen-bond donors (Lipinski definition) is 0. The van der Waals surface area contributed by atoms with E-state index in [0.717, 1.165) is 24.4 Å². The summed E-state index contributed by atoms with van der Waals surface area (Å²) in [6, 6.07) is 11.3. The van der Waals surface area contributed by atoms with Crippen LogP contribution in [0.2, 0.25) is 0 Å². The standard InChI is InChI=1S/C18H21N3O/c1-2-7-17-19-20-18(22-17)16-12-13-8-3-6-11-15(13)21(16)14-9-4-5-10-14/h3,6,8,11-12,14H,2,4-5,7,9-10H2,1H3. The van der Waals surface area contributed by atoms with Gasteiger partial charge in [0.2, 0.25) is 5.89 Å². The minimum atomic E-state index is 0.552. The highest BCUT2D eigenvalue weighted by Crippen LogP contribution is 2.38. The van der Waals surface area contributed by atoms with E-state index in [1.165, 1.54) is 36.6 Å². The maximum atomic E-state index is 5.90. The van der Waals surface area contributed by atoms with Gasteiger partial charge in [-0.2, -0.15) is 0 Å². The first kappa shape index (κ1) is 13.6. The molecule has 1 aliphatic rings. The molecule has 1 aromatic carbocycles. The second kappa shape index (κ2) is 5.59. The molecule has 0 saturated heterocycles. The number of fused-ring (bicyclic) bond motifs is 1. The quantitative estimate of drug-likeness (QED) is 0.697. The van der Waals surface area contributed by atoms with Crippen LogP contribution in [0.25, 0.3) is 22.5 Å². The van der Waals surface area contributed by atoms with E-state index in [1.54, 1.807) is 0 Å². The number of para-hydroxylation sites is 1. The molecule has 4 nitrogen and oxygen atoms in total. The fourth-order valence-electron chi connectivity index (χ4n) is 3.57. The zero-order valence-electron chi connectivity index (χ0n) is 13.0. The molecular weight excluding hydrogens is 274 g/mol. The van der Waals surface area contributed by atoms with Crippen LogP contribution in [0.1, 0.15) is 51.0 Å². The van der Waals surface area contributed by atoms with Crippen LogP contribution in [-0.4, -0.2) is 14.8 Å². The number of hydrogen-bond acceptors (Lipinski definition) is 3. The molecule has 4 heteroatoms. The summed E-state index contributed by atoms with van der Waals surface area (Å²) in [5.74, 6) is 1.40. The van der Waals surface area contributed by atoms with E-state index >= 15 is 0 Å². The number of aryl methyl sites for hydroxylation is 1. The number of benzene rings is 1. The summed E-state index contributed by atoms with van der Waals surface area (Å²) in [6.07, 6.45) is 6.95. The van der Waals surface area contributed by atoms with Crippen LogP contribution < -0.4 is 0 Å². The summed E-state index contributed by atoms with van der Waals surface area (Å²) in [5.41, 5.74) is 2.35. The summed E-state index contributed by atoms with van der Waals surface area (Å²) >= 11 is 0. The molecule has 0 radical (unpaired) electrons. The largest absolute Gasteiger partial charge is 0.419 e. The van der Waals surface area contributed by atoms with E-state index in [-0.39, 0.29) is 0 Å². The highest BCUT2D eigenvalue weighted by Gasteiger charge is 2.24. The molecule has 4 rings (SSSR count). The number of nitrogens with zero attached hydrogens (tertiary/aromatic N) is 3. The van der Waals surface area contributed by atoms with E-state index < -0.39 is 0 Å². The molecule has 0 N–H and O–H groups in total. The van der Waals surface area contributed by atoms with Crippen molar-refractivity contribution in [1.82, 2.24) is 14.8 Å². The Balaban J connectivity index is 1.86. The van der Waals surface area contributed by atoms with Crippen LogP contribution in [0.5, 0.6) is 0 Å². The van der Waals surface area contributed by atoms with Crippen molar-refractivity contribution in [2.24, 2.45) is 0 Å². The summed E-state index contributed by atoms with van der Waals surface area (Å²) in [7, 11) is 0. The fourth-order valence-corrected chi connectivity index (χ4v) is 3.57. The molecule has 1 aliphatic carbocycles. The van der Waals surface area contributed by atoms with Crippen molar-refractivity contribution in [2.45, 2.75) is 51.5 Å². The van der Waals surface area contributed by atoms with Crippen molar-refractivity contribution >= 4 is 10.9 Å². The zero-order valence-corrected chi connectivity index (χ0v) is 13.0. The van der Waals surface area contributed by atoms with Crippen LogP contribution in [0.3, 0.4) is 0 Å². The lowest BCUT2D eigenvalue weighted by Crippen LogP contribution is -2.06. The zero-order chi connectivity index (χ0) is 14.9. The monoisotopic (exact) mass is 295 g/mol. The second-order valence-electron chi connectivity index (χ2n) is 6.15. The van der Waals surface area contributed by atoms with Gasteiger partial charge in [-0.1, -0.05) is 38.0 Å². The molecule has 2 aromatic heterocycles. The molecular formula is C18H21N3O. The lowest BCUT2D eigenvalue weighted by Gasteiger charge is -2.16. The Labute approximate surface area is 130 Å². The van der Waals surface area contributed by atoms with Crippen LogP contribution in [0.15, 0.2) is 34.7 Å². The van der Waals surface area contributed by atoms with Crippen LogP contribution in [-0.2, 0) is 6.42 Å². The van der Waals surface area contributed by atoms with E-state index in [4.69, 9.17) is 4.42 Å². The van der Waals surface area contributed by atoms with E-state index in [0.29, 0.717) is 11.9 Å². The van der Waals surface area contributed by atoms with Crippen molar-refractivity contribution in [3.8, 4) is 11.6 Å². The van der Waals surface area contributed by atoms with E-state index in [9.17, 15) is 0 Å². The van der Waals surface area contributed by atoms with Gasteiger partial charge in [-0.25, -0.2) is 0 Å². The maximum absolute atomic E-state index is 5.90. The third kappa shape index (κ3) is 2.23. The van der Waals surface area contributed by atoms with Crippen molar-refractivity contribution in [3.05, 3.63) is 36.2 Å². The SMILES string of the molecule is CCCc1nnc(-c2cc3ccccc3n2C2CCCC2)o1. The third-order valence-corrected chi connectivity index (χ3v) is 4.59. The Morgan fingerprint density at radius 2 is 2.00 bits per heavy atom. The predicted molar refractivity (Wildman–Crippen MR) is 86.7 cm³/mol. The van der Waals surface area contributed by atoms with Gasteiger partial charge < -0.3 is 8.98 Å². The van der Waals surface area contributed by atoms with Gasteiger partial charge in [0, 0.05) is 23.4 Å². The van der Waals surface area contributed by atoms with Gasteiger partial charge in [0.1, 0.15) is 5.69 Å². The third-order valence-electron chi connectivity index (χ3n) is 4.59. The van der Waals surface area contributed by atoms with E-state index in [2.05, 4.69) is 52.0 Å². The van der Waals surface area contributed by atoms with Crippen molar-refractivity contribution in [3.63, 3.8) is 0 Å². The Hall–Kier alpha value is -2.10. The van der Waals surface area contributed by atoms with Gasteiger partial charge in [-0.15, -0.1) is 10.2 Å². The fraction of sp³-hybridized carbons (Fsp3) is 0.444. The Bertz CT molecular complexity index is 781. The first-order valence-electron chi connectivity index (χ1n) is 8.29. The van der Waals surface area contributed by atoms with Gasteiger partial charge in [0.15, 0.2) is 0 Å². The Morgan fingerprint density at radius 1 is 1.18 bits per heavy atom. The number of rotatable bonds is 4. The molecule has 0 bridgehead atoms. The molecule has 3 aromatic rings. The number of aromatic nitrogens is 3. The first-order chi connectivity index (χ1) is 10.9. The summed E-state index contributed by atoms with van der Waals surface area (Å²) in [4.78, 5) is 0. The minimum absolute atomic E-state index is 0.552. The summed E-state index contributed by atoms with van der Waals surface area (Å²) in [5, 5.41) is 9.73. The van der Waals surface area contributed by atoms with Crippen molar-refractivity contribution in [1.29, 1.82) is 0 Å². The molecule has 1 saturated carbocycles. The Morgan fingerprint density at radius 3 is 2.82 bits per heavy atom. The lowest BCUT2D eigenvalue weighted by molar-refractivity contribution is 0.486. The molecule has 0 atom stereocenters. The van der Waals surface area contributed by atoms with Crippen LogP contribution >= 0.6 is 0 Å². The van der Waals surface area contributed by atoms with Crippen molar-refractivity contribution in [2.75, 3.05) is 0 Å². The lowest BCUT2D eigenvalue weighted by atomic mass is 10.2. The molecule has 0 spiro atoms. The van der Waals surface area contributed by atoms with Gasteiger partial charge in [0.25, 0.3) is 5.89 Å². The normalized spacial score (nSPS) is 15.9. The molecule has 0 aliphatic heterocycles. The second-order valence-corrected chi connectivity index (χ2v) is 6.15. The molecule has 2 heterocycles. The topological polar surface area (TPSA) is 43.9 Å². The smallest absolute Gasteiger partial charge is 0.264 e. The average Bonchev–Trinajstić information content (AvgIpc) is 3.25. The maximum Gasteiger partial charge on any atom is 0.264 e. The van der Waals surface area contributed by atoms with Gasteiger partial charge in [-0.05, 0) is 31.4 Å². The summed E-state index contributed by atoms with van der Waals surface area (Å²) in [6.45, 7) is 2.12. The highest BCUT2D eigenvalue weighted by molar-refractivity contribution is 5.85. The highest BCUT2D eigenvalue weighted by atomic mass is 16.4. The van der Waals surface area contributed by atoms with E-state index in [1.807, 2.05) is 0 Å². The van der Waals surface area contributed by atoms with Gasteiger partial charge >= 0.3 is 0 Å². The van der Waals surface area contributed by atoms with Crippen LogP contribution in [0, 0.1) is 0 Å². The first-order valence-corrected chi connectivity index (χ1v) is 8.29. The van der Waals surface area contributed by atoms with Gasteiger partial charge in [0.05, 0.1) is 0 Å². The molecule has 114 valence electrons.